The molecule has 9 nitrogen and oxygen atoms in total. The third-order valence-electron chi connectivity index (χ3n) is 4.06. The molecule has 0 aliphatic heterocycles. The van der Waals surface area contributed by atoms with E-state index in [1.807, 2.05) is 0 Å². The predicted molar refractivity (Wildman–Crippen MR) is 119 cm³/mol. The van der Waals surface area contributed by atoms with Gasteiger partial charge < -0.3 is 24.7 Å². The summed E-state index contributed by atoms with van der Waals surface area (Å²) in [6.07, 6.45) is -0.955. The van der Waals surface area contributed by atoms with Crippen LogP contribution in [0.15, 0.2) is 66.8 Å². The minimum absolute atomic E-state index is 0.0213. The molecular weight excluding hydrogens is 430 g/mol. The van der Waals surface area contributed by atoms with Gasteiger partial charge in [0.25, 0.3) is 0 Å². The van der Waals surface area contributed by atoms with E-state index in [0.717, 1.165) is 0 Å². The minimum Gasteiger partial charge on any atom is -0.458 e. The first kappa shape index (κ1) is 24.9. The number of carbonyl (C=O) groups excluding carboxylic acids is 4. The van der Waals surface area contributed by atoms with Gasteiger partial charge in [-0.3, -0.25) is 0 Å². The molecule has 0 fully saturated rings. The van der Waals surface area contributed by atoms with Crippen molar-refractivity contribution in [1.82, 2.24) is 0 Å². The van der Waals surface area contributed by atoms with E-state index in [1.165, 1.54) is 26.0 Å². The maximum absolute atomic E-state index is 12.1. The summed E-state index contributed by atoms with van der Waals surface area (Å²) >= 11 is 0. The quantitative estimate of drug-likeness (QED) is 0.264. The largest absolute Gasteiger partial charge is 0.458 e. The first-order chi connectivity index (χ1) is 15.6. The van der Waals surface area contributed by atoms with Gasteiger partial charge in [-0.2, -0.15) is 0 Å². The molecule has 2 N–H and O–H groups in total. The average molecular weight is 453 g/mol. The van der Waals surface area contributed by atoms with Crippen molar-refractivity contribution in [3.05, 3.63) is 72.3 Å². The lowest BCUT2D eigenvalue weighted by molar-refractivity contribution is -0.132. The third kappa shape index (κ3) is 7.35. The molecule has 172 valence electrons. The zero-order valence-corrected chi connectivity index (χ0v) is 18.2. The zero-order valence-electron chi connectivity index (χ0n) is 18.2. The normalized spacial score (nSPS) is 10.0. The fraction of sp³-hybridized carbons (Fsp3) is 0.167. The van der Waals surface area contributed by atoms with Crippen LogP contribution in [0.2, 0.25) is 0 Å². The van der Waals surface area contributed by atoms with Crippen LogP contribution in [0, 0.1) is 0 Å². The van der Waals surface area contributed by atoms with Crippen LogP contribution in [0.4, 0.5) is 4.79 Å². The number of ether oxygens (including phenoxy) is 4. The Bertz CT molecular complexity index is 1100. The zero-order chi connectivity index (χ0) is 24.5. The van der Waals surface area contributed by atoms with Crippen molar-refractivity contribution < 1.29 is 38.1 Å². The van der Waals surface area contributed by atoms with Gasteiger partial charge in [-0.25, -0.2) is 19.2 Å². The van der Waals surface area contributed by atoms with Crippen molar-refractivity contribution in [3.63, 3.8) is 0 Å². The van der Waals surface area contributed by atoms with Crippen LogP contribution >= 0.6 is 0 Å². The van der Waals surface area contributed by atoms with Crippen molar-refractivity contribution >= 4 is 24.0 Å². The molecule has 0 aliphatic rings. The molecule has 0 radical (unpaired) electrons. The van der Waals surface area contributed by atoms with E-state index >= 15 is 0 Å². The average Bonchev–Trinajstić information content (AvgIpc) is 2.77. The number of rotatable bonds is 9. The number of benzene rings is 2. The van der Waals surface area contributed by atoms with E-state index in [9.17, 15) is 19.2 Å². The van der Waals surface area contributed by atoms with Gasteiger partial charge in [-0.15, -0.1) is 0 Å². The summed E-state index contributed by atoms with van der Waals surface area (Å²) in [4.78, 5) is 46.5. The second kappa shape index (κ2) is 11.3. The van der Waals surface area contributed by atoms with Crippen LogP contribution in [0.1, 0.15) is 24.2 Å². The van der Waals surface area contributed by atoms with Crippen LogP contribution in [0.5, 0.6) is 11.5 Å². The van der Waals surface area contributed by atoms with Crippen LogP contribution in [0.3, 0.4) is 0 Å². The van der Waals surface area contributed by atoms with Gasteiger partial charge in [0.2, 0.25) is 0 Å². The van der Waals surface area contributed by atoms with E-state index in [2.05, 4.69) is 17.9 Å². The van der Waals surface area contributed by atoms with Gasteiger partial charge in [-0.1, -0.05) is 31.4 Å². The smallest absolute Gasteiger partial charge is 0.404 e. The third-order valence-corrected chi connectivity index (χ3v) is 4.06. The number of primary amides is 1. The Morgan fingerprint density at radius 3 is 1.82 bits per heavy atom. The topological polar surface area (TPSA) is 131 Å². The highest BCUT2D eigenvalue weighted by Crippen LogP contribution is 2.34. The highest BCUT2D eigenvalue weighted by Gasteiger charge is 2.16. The fourth-order valence-corrected chi connectivity index (χ4v) is 2.38. The van der Waals surface area contributed by atoms with E-state index in [1.54, 1.807) is 30.3 Å². The van der Waals surface area contributed by atoms with Crippen LogP contribution in [-0.4, -0.2) is 37.2 Å². The second-order valence-electron chi connectivity index (χ2n) is 6.88. The molecule has 0 aromatic heterocycles. The molecule has 0 atom stereocenters. The summed E-state index contributed by atoms with van der Waals surface area (Å²) in [7, 11) is 0. The van der Waals surface area contributed by atoms with Crippen molar-refractivity contribution in [2.45, 2.75) is 13.8 Å². The SMILES string of the molecule is C=C(C)C(=O)Oc1ccc(-c2ccc(C(=O)OCCOC(N)=O)cc2)cc1OC(=O)C(=C)C. The van der Waals surface area contributed by atoms with Gasteiger partial charge >= 0.3 is 24.0 Å². The summed E-state index contributed by atoms with van der Waals surface area (Å²) in [5, 5.41) is 0. The van der Waals surface area contributed by atoms with E-state index < -0.39 is 24.0 Å². The van der Waals surface area contributed by atoms with E-state index in [4.69, 9.17) is 19.9 Å². The Balaban J connectivity index is 2.22. The van der Waals surface area contributed by atoms with Crippen LogP contribution in [0.25, 0.3) is 11.1 Å². The van der Waals surface area contributed by atoms with Gasteiger partial charge in [0, 0.05) is 11.1 Å². The van der Waals surface area contributed by atoms with Gasteiger partial charge in [0.15, 0.2) is 11.5 Å². The molecule has 0 heterocycles. The second-order valence-corrected chi connectivity index (χ2v) is 6.88. The van der Waals surface area contributed by atoms with E-state index in [0.29, 0.717) is 11.1 Å². The molecule has 2 aromatic rings. The first-order valence-corrected chi connectivity index (χ1v) is 9.67. The van der Waals surface area contributed by atoms with Gasteiger partial charge in [0.1, 0.15) is 13.2 Å². The highest BCUT2D eigenvalue weighted by molar-refractivity contribution is 5.92. The number of carbonyl (C=O) groups is 4. The first-order valence-electron chi connectivity index (χ1n) is 9.67. The van der Waals surface area contributed by atoms with Crippen LogP contribution in [-0.2, 0) is 19.1 Å². The summed E-state index contributed by atoms with van der Waals surface area (Å²) in [6.45, 7) is 9.77. The molecule has 1 amide bonds. The number of nitrogens with two attached hydrogens (primary N) is 1. The lowest BCUT2D eigenvalue weighted by atomic mass is 10.0. The van der Waals surface area contributed by atoms with Crippen molar-refractivity contribution in [2.24, 2.45) is 5.73 Å². The fourth-order valence-electron chi connectivity index (χ4n) is 2.38. The number of amides is 1. The monoisotopic (exact) mass is 453 g/mol. The van der Waals surface area contributed by atoms with Gasteiger partial charge in [0.05, 0.1) is 5.56 Å². The highest BCUT2D eigenvalue weighted by atomic mass is 16.6. The lowest BCUT2D eigenvalue weighted by Crippen LogP contribution is -2.18. The molecule has 0 saturated heterocycles. The Hall–Kier alpha value is -4.40. The molecule has 0 unspecified atom stereocenters. The lowest BCUT2D eigenvalue weighted by Gasteiger charge is -2.13. The number of esters is 3. The summed E-state index contributed by atoms with van der Waals surface area (Å²) in [5.74, 6) is -1.89. The molecule has 0 aliphatic carbocycles. The Kier molecular flexibility index (Phi) is 8.50. The standard InChI is InChI=1S/C24H23NO8/c1-14(2)21(26)32-19-10-9-18(13-20(19)33-22(27)15(3)4)16-5-7-17(8-6-16)23(28)30-11-12-31-24(25)29/h5-10,13H,1,3,11-12H2,2,4H3,(H2,25,29). The maximum Gasteiger partial charge on any atom is 0.404 e. The molecule has 2 aromatic carbocycles. The molecule has 0 spiro atoms. The molecule has 0 saturated carbocycles. The van der Waals surface area contributed by atoms with Crippen molar-refractivity contribution in [3.8, 4) is 22.6 Å². The predicted octanol–water partition coefficient (Wildman–Crippen LogP) is 3.57. The molecule has 9 heteroatoms. The number of hydrogen-bond acceptors (Lipinski definition) is 8. The summed E-state index contributed by atoms with van der Waals surface area (Å²) in [5.41, 5.74) is 6.77. The summed E-state index contributed by atoms with van der Waals surface area (Å²) < 4.78 is 20.0. The number of hydrogen-bond donors (Lipinski definition) is 1. The maximum atomic E-state index is 12.1. The Labute approximate surface area is 190 Å². The van der Waals surface area contributed by atoms with E-state index in [-0.39, 0.29) is 41.4 Å². The minimum atomic E-state index is -0.955. The van der Waals surface area contributed by atoms with Crippen molar-refractivity contribution in [2.75, 3.05) is 13.2 Å². The summed E-state index contributed by atoms with van der Waals surface area (Å²) in [6, 6.07) is 11.1. The van der Waals surface area contributed by atoms with Crippen molar-refractivity contribution in [1.29, 1.82) is 0 Å². The molecule has 33 heavy (non-hydrogen) atoms. The molecular formula is C24H23NO8. The Morgan fingerprint density at radius 2 is 1.27 bits per heavy atom. The molecule has 2 rings (SSSR count). The Morgan fingerprint density at radius 1 is 0.758 bits per heavy atom. The van der Waals surface area contributed by atoms with Gasteiger partial charge in [-0.05, 0) is 49.2 Å². The molecule has 0 bridgehead atoms. The van der Waals surface area contributed by atoms with Crippen LogP contribution < -0.4 is 15.2 Å².